The Morgan fingerprint density at radius 3 is 1.76 bits per heavy atom. The maximum Gasteiger partial charge on any atom is 0.281 e. The van der Waals surface area contributed by atoms with Crippen molar-refractivity contribution >= 4 is 41.0 Å². The van der Waals surface area contributed by atoms with Gasteiger partial charge >= 0.3 is 0 Å². The molecule has 5 rings (SSSR count). The third-order valence-corrected chi connectivity index (χ3v) is 5.63. The molecule has 0 saturated carbocycles. The van der Waals surface area contributed by atoms with Crippen LogP contribution in [0.3, 0.4) is 0 Å². The van der Waals surface area contributed by atoms with Gasteiger partial charge in [0.15, 0.2) is 5.78 Å². The van der Waals surface area contributed by atoms with Crippen molar-refractivity contribution in [3.05, 3.63) is 100 Å². The van der Waals surface area contributed by atoms with Crippen molar-refractivity contribution < 1.29 is 28.8 Å². The number of nitrogens with one attached hydrogen (secondary N) is 1. The van der Waals surface area contributed by atoms with Gasteiger partial charge in [-0.15, -0.1) is 0 Å². The Morgan fingerprint density at radius 2 is 1.18 bits per heavy atom. The predicted octanol–water partition coefficient (Wildman–Crippen LogP) is 2.95. The van der Waals surface area contributed by atoms with Crippen LogP contribution in [0, 0.1) is 0 Å². The zero-order valence-electron chi connectivity index (χ0n) is 17.7. The van der Waals surface area contributed by atoms with Crippen molar-refractivity contribution in [2.24, 2.45) is 0 Å². The Balaban J connectivity index is 1.43. The number of benzene rings is 3. The molecule has 9 heteroatoms. The van der Waals surface area contributed by atoms with Gasteiger partial charge in [-0.2, -0.15) is 10.0 Å². The van der Waals surface area contributed by atoms with Gasteiger partial charge in [-0.3, -0.25) is 28.8 Å². The van der Waals surface area contributed by atoms with Crippen LogP contribution < -0.4 is 5.32 Å². The molecule has 2 aliphatic heterocycles. The van der Waals surface area contributed by atoms with Crippen LogP contribution in [0.5, 0.6) is 0 Å². The van der Waals surface area contributed by atoms with Gasteiger partial charge in [-0.05, 0) is 49.4 Å². The Labute approximate surface area is 192 Å². The maximum absolute atomic E-state index is 13.1. The Bertz CT molecular complexity index is 1440. The second-order valence-corrected chi connectivity index (χ2v) is 7.74. The molecule has 34 heavy (non-hydrogen) atoms. The predicted molar refractivity (Wildman–Crippen MR) is 118 cm³/mol. The first kappa shape index (κ1) is 21.0. The third kappa shape index (κ3) is 3.10. The highest BCUT2D eigenvalue weighted by Gasteiger charge is 2.48. The molecule has 0 aliphatic carbocycles. The first-order valence-corrected chi connectivity index (χ1v) is 10.2. The number of hydrazine groups is 1. The maximum atomic E-state index is 13.1. The average molecular weight is 453 g/mol. The zero-order valence-corrected chi connectivity index (χ0v) is 17.7. The first-order valence-electron chi connectivity index (χ1n) is 10.2. The zero-order chi connectivity index (χ0) is 24.1. The van der Waals surface area contributed by atoms with E-state index in [1.54, 1.807) is 30.3 Å². The number of carbonyl (C=O) groups excluding carboxylic acids is 6. The van der Waals surface area contributed by atoms with Crippen LogP contribution in [0.1, 0.15) is 69.1 Å². The van der Waals surface area contributed by atoms with Gasteiger partial charge in [-0.1, -0.05) is 24.3 Å². The number of hydrogen-bond acceptors (Lipinski definition) is 6. The lowest BCUT2D eigenvalue weighted by Crippen LogP contribution is -2.49. The third-order valence-electron chi connectivity index (χ3n) is 5.63. The number of hydrogen-bond donors (Lipinski definition) is 1. The molecule has 0 radical (unpaired) electrons. The lowest BCUT2D eigenvalue weighted by atomic mass is 10.0. The minimum atomic E-state index is -0.886. The summed E-state index contributed by atoms with van der Waals surface area (Å²) in [5.41, 5.74) is 0.937. The summed E-state index contributed by atoms with van der Waals surface area (Å²) in [7, 11) is 0. The van der Waals surface area contributed by atoms with Crippen molar-refractivity contribution in [2.75, 3.05) is 5.32 Å². The molecule has 9 nitrogen and oxygen atoms in total. The normalized spacial score (nSPS) is 14.4. The van der Waals surface area contributed by atoms with E-state index in [9.17, 15) is 28.8 Å². The lowest BCUT2D eigenvalue weighted by molar-refractivity contribution is 0.00845. The van der Waals surface area contributed by atoms with Crippen molar-refractivity contribution in [1.29, 1.82) is 0 Å². The molecule has 5 amide bonds. The number of Topliss-reactive ketones (excluding diaryl/α,β-unsaturated/α-hetero) is 1. The number of nitrogens with zero attached hydrogens (tertiary/aromatic N) is 2. The minimum Gasteiger partial charge on any atom is -0.322 e. The molecule has 0 bridgehead atoms. The Kier molecular flexibility index (Phi) is 4.68. The van der Waals surface area contributed by atoms with Gasteiger partial charge < -0.3 is 5.32 Å². The summed E-state index contributed by atoms with van der Waals surface area (Å²) in [6.07, 6.45) is 0. The summed E-state index contributed by atoms with van der Waals surface area (Å²) < 4.78 is 0. The van der Waals surface area contributed by atoms with Crippen LogP contribution in [0.25, 0.3) is 0 Å². The standard InChI is InChI=1S/C25H15N3O6/c1-13(29)14-5-4-6-16(11-14)26-21(30)15-9-10-19-20(12-15)25(34)28(24(19)33)27-22(31)17-7-2-3-8-18(17)23(27)32/h2-12H,1H3,(H,26,30). The molecular weight excluding hydrogens is 438 g/mol. The van der Waals surface area contributed by atoms with E-state index in [0.717, 1.165) is 0 Å². The van der Waals surface area contributed by atoms with E-state index in [4.69, 9.17) is 0 Å². The van der Waals surface area contributed by atoms with Gasteiger partial charge in [0.25, 0.3) is 29.5 Å². The molecule has 0 unspecified atom stereocenters. The quantitative estimate of drug-likeness (QED) is 0.479. The highest BCUT2D eigenvalue weighted by atomic mass is 16.2. The van der Waals surface area contributed by atoms with E-state index < -0.39 is 29.5 Å². The van der Waals surface area contributed by atoms with E-state index in [1.807, 2.05) is 0 Å². The summed E-state index contributed by atoms with van der Waals surface area (Å²) in [6, 6.07) is 16.3. The van der Waals surface area contributed by atoms with Gasteiger partial charge in [0.05, 0.1) is 22.3 Å². The average Bonchev–Trinajstić information content (AvgIpc) is 3.23. The molecule has 3 aromatic rings. The van der Waals surface area contributed by atoms with Crippen LogP contribution in [-0.4, -0.2) is 45.3 Å². The highest BCUT2D eigenvalue weighted by molar-refractivity contribution is 6.28. The van der Waals surface area contributed by atoms with Crippen LogP contribution in [0.2, 0.25) is 0 Å². The molecule has 0 fully saturated rings. The van der Waals surface area contributed by atoms with E-state index in [2.05, 4.69) is 5.32 Å². The van der Waals surface area contributed by atoms with Crippen LogP contribution >= 0.6 is 0 Å². The number of anilines is 1. The molecule has 3 aromatic carbocycles. The lowest BCUT2D eigenvalue weighted by Gasteiger charge is -2.23. The smallest absolute Gasteiger partial charge is 0.281 e. The van der Waals surface area contributed by atoms with E-state index in [-0.39, 0.29) is 33.6 Å². The summed E-state index contributed by atoms with van der Waals surface area (Å²) >= 11 is 0. The molecule has 0 spiro atoms. The fraction of sp³-hybridized carbons (Fsp3) is 0.0400. The number of rotatable bonds is 4. The van der Waals surface area contributed by atoms with Crippen molar-refractivity contribution in [3.8, 4) is 0 Å². The van der Waals surface area contributed by atoms with Crippen LogP contribution in [0.15, 0.2) is 66.7 Å². The van der Waals surface area contributed by atoms with E-state index >= 15 is 0 Å². The van der Waals surface area contributed by atoms with Crippen molar-refractivity contribution in [3.63, 3.8) is 0 Å². The molecule has 0 saturated heterocycles. The Hall–Kier alpha value is -4.92. The first-order chi connectivity index (χ1) is 16.3. The fourth-order valence-corrected chi connectivity index (χ4v) is 3.93. The Morgan fingerprint density at radius 1 is 0.618 bits per heavy atom. The van der Waals surface area contributed by atoms with Crippen molar-refractivity contribution in [1.82, 2.24) is 10.0 Å². The highest BCUT2D eigenvalue weighted by Crippen LogP contribution is 2.31. The summed E-state index contributed by atoms with van der Waals surface area (Å²) in [4.78, 5) is 75.9. The van der Waals surface area contributed by atoms with Gasteiger partial charge in [0, 0.05) is 16.8 Å². The largest absolute Gasteiger partial charge is 0.322 e. The summed E-state index contributed by atoms with van der Waals surface area (Å²) in [5.74, 6) is -4.01. The number of amides is 5. The van der Waals surface area contributed by atoms with Gasteiger partial charge in [0.1, 0.15) is 0 Å². The van der Waals surface area contributed by atoms with Gasteiger partial charge in [0.2, 0.25) is 0 Å². The van der Waals surface area contributed by atoms with Gasteiger partial charge in [-0.25, -0.2) is 0 Å². The number of imide groups is 2. The molecule has 1 N–H and O–H groups in total. The van der Waals surface area contributed by atoms with Crippen molar-refractivity contribution in [2.45, 2.75) is 6.92 Å². The molecule has 0 atom stereocenters. The molecular formula is C25H15N3O6. The number of ketones is 1. The molecule has 0 aromatic heterocycles. The van der Waals surface area contributed by atoms with E-state index in [1.165, 1.54) is 43.3 Å². The van der Waals surface area contributed by atoms with Crippen LogP contribution in [0.4, 0.5) is 5.69 Å². The van der Waals surface area contributed by atoms with E-state index in [0.29, 0.717) is 21.3 Å². The molecule has 2 aliphatic rings. The minimum absolute atomic E-state index is 0.0308. The second-order valence-electron chi connectivity index (χ2n) is 7.74. The number of carbonyl (C=O) groups is 6. The SMILES string of the molecule is CC(=O)c1cccc(NC(=O)c2ccc3c(c2)C(=O)N(N2C(=O)c4ccccc4C2=O)C3=O)c1. The summed E-state index contributed by atoms with van der Waals surface area (Å²) in [6.45, 7) is 1.41. The van der Waals surface area contributed by atoms with Crippen LogP contribution in [-0.2, 0) is 0 Å². The fourth-order valence-electron chi connectivity index (χ4n) is 3.93. The topological polar surface area (TPSA) is 121 Å². The summed E-state index contributed by atoms with van der Waals surface area (Å²) in [5, 5.41) is 3.68. The number of fused-ring (bicyclic) bond motifs is 2. The second kappa shape index (κ2) is 7.59. The monoisotopic (exact) mass is 453 g/mol. The molecule has 166 valence electrons. The molecule has 2 heterocycles.